The van der Waals surface area contributed by atoms with Crippen molar-refractivity contribution in [2.24, 2.45) is 0 Å². The van der Waals surface area contributed by atoms with E-state index in [-0.39, 0.29) is 5.97 Å². The van der Waals surface area contributed by atoms with E-state index in [1.165, 1.54) is 29.4 Å². The summed E-state index contributed by atoms with van der Waals surface area (Å²) in [4.78, 5) is 11.1. The first-order valence-corrected chi connectivity index (χ1v) is 8.60. The minimum Gasteiger partial charge on any atom is -0.469 e. The fraction of sp³-hybridized carbons (Fsp3) is 0.588. The van der Waals surface area contributed by atoms with E-state index >= 15 is 0 Å². The number of hydrogen-bond acceptors (Lipinski definition) is 4. The Morgan fingerprint density at radius 1 is 1.29 bits per heavy atom. The zero-order valence-electron chi connectivity index (χ0n) is 13.8. The van der Waals surface area contributed by atoms with Gasteiger partial charge in [-0.3, -0.25) is 4.79 Å². The molecular formula is C17H27NO2S. The van der Waals surface area contributed by atoms with Crippen molar-refractivity contribution in [3.8, 4) is 0 Å². The summed E-state index contributed by atoms with van der Waals surface area (Å²) in [5.41, 5.74) is 5.38. The molecule has 0 aliphatic carbocycles. The summed E-state index contributed by atoms with van der Waals surface area (Å²) < 4.78 is 4.67. The molecule has 118 valence electrons. The van der Waals surface area contributed by atoms with E-state index in [0.717, 1.165) is 18.1 Å². The van der Waals surface area contributed by atoms with Crippen LogP contribution in [0.15, 0.2) is 12.1 Å². The highest BCUT2D eigenvalue weighted by Gasteiger charge is 2.16. The fourth-order valence-electron chi connectivity index (χ4n) is 2.69. The Labute approximate surface area is 132 Å². The molecule has 0 aromatic heterocycles. The maximum absolute atomic E-state index is 11.1. The average Bonchev–Trinajstić information content (AvgIpc) is 2.41. The highest BCUT2D eigenvalue weighted by Crippen LogP contribution is 2.26. The van der Waals surface area contributed by atoms with Gasteiger partial charge in [-0.2, -0.15) is 11.8 Å². The number of thioether (sulfide) groups is 1. The van der Waals surface area contributed by atoms with Crippen LogP contribution in [0.25, 0.3) is 0 Å². The molecule has 4 heteroatoms. The van der Waals surface area contributed by atoms with Crippen molar-refractivity contribution in [1.82, 2.24) is 5.32 Å². The van der Waals surface area contributed by atoms with Crippen molar-refractivity contribution in [2.75, 3.05) is 25.2 Å². The lowest BCUT2D eigenvalue weighted by Gasteiger charge is -2.23. The van der Waals surface area contributed by atoms with Crippen LogP contribution in [0.2, 0.25) is 0 Å². The summed E-state index contributed by atoms with van der Waals surface area (Å²) in [7, 11) is 1.44. The van der Waals surface area contributed by atoms with Gasteiger partial charge < -0.3 is 10.1 Å². The standard InChI is InChI=1S/C17H27NO2S/c1-6-18-15(11-21-8-7-16(19)20-5)17-13(3)9-12(2)10-14(17)4/h9-10,15,18H,6-8,11H2,1-5H3. The first kappa shape index (κ1) is 18.1. The molecule has 0 saturated carbocycles. The Kier molecular flexibility index (Phi) is 7.83. The first-order chi connectivity index (χ1) is 9.99. The molecule has 1 rings (SSSR count). The van der Waals surface area contributed by atoms with Crippen LogP contribution in [0.1, 0.15) is 41.6 Å². The number of carbonyl (C=O) groups excluding carboxylic acids is 1. The number of carbonyl (C=O) groups is 1. The van der Waals surface area contributed by atoms with Crippen LogP contribution in [0.3, 0.4) is 0 Å². The number of nitrogens with one attached hydrogen (secondary N) is 1. The van der Waals surface area contributed by atoms with Crippen LogP contribution in [-0.2, 0) is 9.53 Å². The molecule has 0 heterocycles. The van der Waals surface area contributed by atoms with Crippen LogP contribution in [0, 0.1) is 20.8 Å². The zero-order valence-corrected chi connectivity index (χ0v) is 14.6. The lowest BCUT2D eigenvalue weighted by molar-refractivity contribution is -0.140. The molecular weight excluding hydrogens is 282 g/mol. The Bertz CT molecular complexity index is 451. The number of aryl methyl sites for hydroxylation is 3. The molecule has 0 spiro atoms. The topological polar surface area (TPSA) is 38.3 Å². The molecule has 1 N–H and O–H groups in total. The Morgan fingerprint density at radius 3 is 2.43 bits per heavy atom. The van der Waals surface area contributed by atoms with Crippen molar-refractivity contribution in [3.63, 3.8) is 0 Å². The molecule has 0 bridgehead atoms. The maximum Gasteiger partial charge on any atom is 0.306 e. The Hall–Kier alpha value is -1.00. The summed E-state index contributed by atoms with van der Waals surface area (Å²) in [6.45, 7) is 9.56. The lowest BCUT2D eigenvalue weighted by atomic mass is 9.95. The van der Waals surface area contributed by atoms with E-state index in [1.54, 1.807) is 11.8 Å². The molecule has 3 nitrogen and oxygen atoms in total. The van der Waals surface area contributed by atoms with Gasteiger partial charge in [-0.1, -0.05) is 24.6 Å². The van der Waals surface area contributed by atoms with Crippen molar-refractivity contribution < 1.29 is 9.53 Å². The third-order valence-electron chi connectivity index (χ3n) is 3.50. The van der Waals surface area contributed by atoms with E-state index < -0.39 is 0 Å². The van der Waals surface area contributed by atoms with Crippen LogP contribution in [-0.4, -0.2) is 31.1 Å². The molecule has 0 amide bonds. The molecule has 0 radical (unpaired) electrons. The van der Waals surface area contributed by atoms with E-state index in [0.29, 0.717) is 12.5 Å². The van der Waals surface area contributed by atoms with E-state index in [2.05, 4.69) is 49.9 Å². The van der Waals surface area contributed by atoms with Crippen molar-refractivity contribution in [1.29, 1.82) is 0 Å². The Morgan fingerprint density at radius 2 is 1.90 bits per heavy atom. The predicted molar refractivity (Wildman–Crippen MR) is 91.0 cm³/mol. The van der Waals surface area contributed by atoms with Gasteiger partial charge >= 0.3 is 5.97 Å². The predicted octanol–water partition coefficient (Wildman–Crippen LogP) is 3.56. The molecule has 0 aliphatic heterocycles. The molecule has 1 aromatic rings. The maximum atomic E-state index is 11.1. The smallest absolute Gasteiger partial charge is 0.306 e. The van der Waals surface area contributed by atoms with Gasteiger partial charge in [0.15, 0.2) is 0 Å². The van der Waals surface area contributed by atoms with Gasteiger partial charge in [0.1, 0.15) is 0 Å². The van der Waals surface area contributed by atoms with E-state index in [4.69, 9.17) is 0 Å². The van der Waals surface area contributed by atoms with E-state index in [1.807, 2.05) is 0 Å². The number of rotatable bonds is 8. The van der Waals surface area contributed by atoms with Crippen LogP contribution >= 0.6 is 11.8 Å². The Balaban J connectivity index is 2.71. The minimum absolute atomic E-state index is 0.134. The van der Waals surface area contributed by atoms with Crippen molar-refractivity contribution >= 4 is 17.7 Å². The summed E-state index contributed by atoms with van der Waals surface area (Å²) in [6.07, 6.45) is 0.478. The largest absolute Gasteiger partial charge is 0.469 e. The zero-order chi connectivity index (χ0) is 15.8. The molecule has 21 heavy (non-hydrogen) atoms. The monoisotopic (exact) mass is 309 g/mol. The number of benzene rings is 1. The molecule has 0 fully saturated rings. The number of methoxy groups -OCH3 is 1. The fourth-order valence-corrected chi connectivity index (χ4v) is 3.69. The SMILES string of the molecule is CCNC(CSCCC(=O)OC)c1c(C)cc(C)cc1C. The lowest BCUT2D eigenvalue weighted by Crippen LogP contribution is -2.25. The van der Waals surface area contributed by atoms with Crippen LogP contribution < -0.4 is 5.32 Å². The highest BCUT2D eigenvalue weighted by atomic mass is 32.2. The second-order valence-electron chi connectivity index (χ2n) is 5.32. The number of hydrogen-bond donors (Lipinski definition) is 1. The summed E-state index contributed by atoms with van der Waals surface area (Å²) >= 11 is 1.80. The van der Waals surface area contributed by atoms with Crippen LogP contribution in [0.5, 0.6) is 0 Å². The van der Waals surface area contributed by atoms with Gasteiger partial charge in [0.2, 0.25) is 0 Å². The van der Waals surface area contributed by atoms with Gasteiger partial charge in [0, 0.05) is 17.5 Å². The summed E-state index contributed by atoms with van der Waals surface area (Å²) in [5.74, 6) is 1.64. The molecule has 0 aliphatic rings. The number of ether oxygens (including phenoxy) is 1. The van der Waals surface area contributed by atoms with Gasteiger partial charge in [-0.15, -0.1) is 0 Å². The van der Waals surface area contributed by atoms with Crippen molar-refractivity contribution in [3.05, 3.63) is 34.4 Å². The quantitative estimate of drug-likeness (QED) is 0.588. The molecule has 1 unspecified atom stereocenters. The normalized spacial score (nSPS) is 12.2. The molecule has 1 aromatic carbocycles. The van der Waals surface area contributed by atoms with Crippen molar-refractivity contribution in [2.45, 2.75) is 40.2 Å². The number of esters is 1. The second kappa shape index (κ2) is 9.11. The van der Waals surface area contributed by atoms with Gasteiger partial charge in [0.05, 0.1) is 13.5 Å². The summed E-state index contributed by atoms with van der Waals surface area (Å²) in [5, 5.41) is 3.57. The van der Waals surface area contributed by atoms with E-state index in [9.17, 15) is 4.79 Å². The molecule has 1 atom stereocenters. The van der Waals surface area contributed by atoms with Gasteiger partial charge in [0.25, 0.3) is 0 Å². The molecule has 0 saturated heterocycles. The highest BCUT2D eigenvalue weighted by molar-refractivity contribution is 7.99. The minimum atomic E-state index is -0.134. The third-order valence-corrected chi connectivity index (χ3v) is 4.56. The van der Waals surface area contributed by atoms with Gasteiger partial charge in [-0.05, 0) is 44.0 Å². The average molecular weight is 309 g/mol. The third kappa shape index (κ3) is 5.71. The van der Waals surface area contributed by atoms with Crippen LogP contribution in [0.4, 0.5) is 0 Å². The van der Waals surface area contributed by atoms with Gasteiger partial charge in [-0.25, -0.2) is 0 Å². The second-order valence-corrected chi connectivity index (χ2v) is 6.47. The first-order valence-electron chi connectivity index (χ1n) is 7.45. The summed E-state index contributed by atoms with van der Waals surface area (Å²) in [6, 6.07) is 4.82.